The number of carbonyl (C=O) groups is 1. The van der Waals surface area contributed by atoms with Gasteiger partial charge in [-0.05, 0) is 55.7 Å². The number of hydrogen-bond donors (Lipinski definition) is 0. The van der Waals surface area contributed by atoms with Crippen molar-refractivity contribution in [3.63, 3.8) is 0 Å². The highest BCUT2D eigenvalue weighted by molar-refractivity contribution is 5.81. The van der Waals surface area contributed by atoms with Crippen molar-refractivity contribution in [3.05, 3.63) is 54.7 Å². The second-order valence-corrected chi connectivity index (χ2v) is 6.82. The third-order valence-corrected chi connectivity index (χ3v) is 4.94. The predicted molar refractivity (Wildman–Crippen MR) is 105 cm³/mol. The summed E-state index contributed by atoms with van der Waals surface area (Å²) < 4.78 is 5.97. The lowest BCUT2D eigenvalue weighted by molar-refractivity contribution is -0.137. The van der Waals surface area contributed by atoms with Crippen molar-refractivity contribution in [1.29, 1.82) is 0 Å². The van der Waals surface area contributed by atoms with Crippen molar-refractivity contribution < 1.29 is 9.53 Å². The Kier molecular flexibility index (Phi) is 5.01. The molecule has 1 atom stereocenters. The number of benzene rings is 2. The topological polar surface area (TPSA) is 55.3 Å². The molecule has 1 aliphatic heterocycles. The minimum atomic E-state index is -0.422. The summed E-state index contributed by atoms with van der Waals surface area (Å²) in [6, 6.07) is 15.5. The highest BCUT2D eigenvalue weighted by atomic mass is 16.5. The van der Waals surface area contributed by atoms with Crippen molar-refractivity contribution in [2.45, 2.75) is 32.3 Å². The first-order valence-corrected chi connectivity index (χ1v) is 9.52. The van der Waals surface area contributed by atoms with E-state index in [1.165, 1.54) is 0 Å². The summed E-state index contributed by atoms with van der Waals surface area (Å²) in [6.07, 6.45) is 4.19. The fourth-order valence-electron chi connectivity index (χ4n) is 3.41. The van der Waals surface area contributed by atoms with E-state index in [0.29, 0.717) is 12.2 Å². The molecule has 5 heteroatoms. The highest BCUT2D eigenvalue weighted by Gasteiger charge is 2.26. The van der Waals surface area contributed by atoms with E-state index in [2.05, 4.69) is 9.97 Å². The molecule has 1 aromatic heterocycles. The number of ether oxygens (including phenoxy) is 1. The predicted octanol–water partition coefficient (Wildman–Crippen LogP) is 4.08. The van der Waals surface area contributed by atoms with E-state index < -0.39 is 6.10 Å². The van der Waals surface area contributed by atoms with Crippen LogP contribution in [0.1, 0.15) is 26.2 Å². The van der Waals surface area contributed by atoms with Crippen LogP contribution in [-0.4, -0.2) is 40.0 Å². The Hall–Kier alpha value is -2.95. The zero-order valence-corrected chi connectivity index (χ0v) is 15.5. The zero-order chi connectivity index (χ0) is 18.6. The van der Waals surface area contributed by atoms with E-state index in [4.69, 9.17) is 4.74 Å². The summed E-state index contributed by atoms with van der Waals surface area (Å²) in [7, 11) is 0. The van der Waals surface area contributed by atoms with E-state index in [1.54, 1.807) is 6.20 Å². The van der Waals surface area contributed by atoms with Crippen molar-refractivity contribution in [2.75, 3.05) is 13.1 Å². The van der Waals surface area contributed by atoms with Gasteiger partial charge in [0.25, 0.3) is 5.91 Å². The van der Waals surface area contributed by atoms with Crippen LogP contribution >= 0.6 is 0 Å². The number of amides is 1. The van der Waals surface area contributed by atoms with Gasteiger partial charge in [0, 0.05) is 18.7 Å². The van der Waals surface area contributed by atoms with Crippen molar-refractivity contribution >= 4 is 16.9 Å². The van der Waals surface area contributed by atoms with E-state index in [0.717, 1.165) is 48.2 Å². The summed E-state index contributed by atoms with van der Waals surface area (Å²) >= 11 is 0. The average Bonchev–Trinajstić information content (AvgIpc) is 3.26. The second-order valence-electron chi connectivity index (χ2n) is 6.82. The van der Waals surface area contributed by atoms with Gasteiger partial charge in [-0.15, -0.1) is 0 Å². The number of hydrogen-bond acceptors (Lipinski definition) is 4. The van der Waals surface area contributed by atoms with E-state index in [9.17, 15) is 4.79 Å². The molecule has 0 spiro atoms. The van der Waals surface area contributed by atoms with Crippen molar-refractivity contribution in [2.24, 2.45) is 0 Å². The van der Waals surface area contributed by atoms with Crippen LogP contribution in [0, 0.1) is 0 Å². The van der Waals surface area contributed by atoms with Crippen LogP contribution in [0.25, 0.3) is 22.3 Å². The molecule has 0 unspecified atom stereocenters. The van der Waals surface area contributed by atoms with Crippen LogP contribution < -0.4 is 4.74 Å². The smallest absolute Gasteiger partial charge is 0.263 e. The molecule has 0 aliphatic carbocycles. The van der Waals surface area contributed by atoms with E-state index in [1.807, 2.05) is 60.4 Å². The lowest BCUT2D eigenvalue weighted by Crippen LogP contribution is -2.40. The Balaban J connectivity index is 1.49. The first-order valence-electron chi connectivity index (χ1n) is 9.52. The maximum Gasteiger partial charge on any atom is 0.263 e. The number of para-hydroxylation sites is 2. The quantitative estimate of drug-likeness (QED) is 0.687. The van der Waals surface area contributed by atoms with Gasteiger partial charge in [0.15, 0.2) is 6.10 Å². The van der Waals surface area contributed by atoms with Gasteiger partial charge in [-0.1, -0.05) is 19.1 Å². The Bertz CT molecular complexity index is 934. The van der Waals surface area contributed by atoms with Gasteiger partial charge in [-0.3, -0.25) is 9.78 Å². The van der Waals surface area contributed by atoms with E-state index >= 15 is 0 Å². The van der Waals surface area contributed by atoms with Crippen molar-refractivity contribution in [1.82, 2.24) is 14.9 Å². The summed E-state index contributed by atoms with van der Waals surface area (Å²) in [5.74, 6) is 0.798. The number of rotatable bonds is 5. The summed E-state index contributed by atoms with van der Waals surface area (Å²) in [5, 5.41) is 0. The third-order valence-electron chi connectivity index (χ3n) is 4.94. The molecule has 138 valence electrons. The standard InChI is InChI=1S/C22H23N3O2/c1-2-21(22(26)25-13-5-6-14-25)27-17-11-9-16(10-12-17)20-15-23-18-7-3-4-8-19(18)24-20/h3-4,7-12,15,21H,2,5-6,13-14H2,1H3/t21-/m1/s1. The minimum Gasteiger partial charge on any atom is -0.481 e. The number of carbonyl (C=O) groups excluding carboxylic acids is 1. The van der Waals surface area contributed by atoms with E-state index in [-0.39, 0.29) is 5.91 Å². The van der Waals surface area contributed by atoms with Gasteiger partial charge in [-0.25, -0.2) is 4.98 Å². The maximum absolute atomic E-state index is 12.6. The highest BCUT2D eigenvalue weighted by Crippen LogP contribution is 2.23. The first kappa shape index (κ1) is 17.5. The van der Waals surface area contributed by atoms with Crippen molar-refractivity contribution in [3.8, 4) is 17.0 Å². The number of fused-ring (bicyclic) bond motifs is 1. The third kappa shape index (κ3) is 3.77. The Morgan fingerprint density at radius 2 is 1.78 bits per heavy atom. The molecule has 1 aliphatic rings. The van der Waals surface area contributed by atoms with Gasteiger partial charge < -0.3 is 9.64 Å². The molecule has 2 aromatic carbocycles. The van der Waals surface area contributed by atoms with Gasteiger partial charge in [0.2, 0.25) is 0 Å². The second kappa shape index (κ2) is 7.74. The number of aromatic nitrogens is 2. The Morgan fingerprint density at radius 1 is 1.07 bits per heavy atom. The molecule has 3 aromatic rings. The van der Waals surface area contributed by atoms with Crippen LogP contribution in [0.15, 0.2) is 54.7 Å². The lowest BCUT2D eigenvalue weighted by Gasteiger charge is -2.23. The molecule has 1 saturated heterocycles. The molecular weight excluding hydrogens is 338 g/mol. The zero-order valence-electron chi connectivity index (χ0n) is 15.5. The normalized spacial score (nSPS) is 15.1. The van der Waals surface area contributed by atoms with Crippen LogP contribution in [-0.2, 0) is 4.79 Å². The van der Waals surface area contributed by atoms with Gasteiger partial charge in [0.1, 0.15) is 5.75 Å². The molecule has 0 bridgehead atoms. The molecule has 1 amide bonds. The molecule has 27 heavy (non-hydrogen) atoms. The van der Waals surface area contributed by atoms with Crippen LogP contribution in [0.3, 0.4) is 0 Å². The first-order chi connectivity index (χ1) is 13.2. The fourth-order valence-corrected chi connectivity index (χ4v) is 3.41. The number of likely N-dealkylation sites (tertiary alicyclic amines) is 1. The Morgan fingerprint density at radius 3 is 2.48 bits per heavy atom. The average molecular weight is 361 g/mol. The fraction of sp³-hybridized carbons (Fsp3) is 0.318. The van der Waals surface area contributed by atoms with Gasteiger partial charge in [0.05, 0.1) is 22.9 Å². The summed E-state index contributed by atoms with van der Waals surface area (Å²) in [5.41, 5.74) is 3.55. The number of nitrogens with zero attached hydrogens (tertiary/aromatic N) is 3. The molecule has 0 N–H and O–H groups in total. The molecule has 5 nitrogen and oxygen atoms in total. The Labute approximate surface area is 159 Å². The molecule has 0 saturated carbocycles. The largest absolute Gasteiger partial charge is 0.481 e. The molecule has 2 heterocycles. The maximum atomic E-state index is 12.6. The lowest BCUT2D eigenvalue weighted by atomic mass is 10.1. The SMILES string of the molecule is CC[C@@H](Oc1ccc(-c2cnc3ccccc3n2)cc1)C(=O)N1CCCC1. The summed E-state index contributed by atoms with van der Waals surface area (Å²) in [4.78, 5) is 23.6. The molecule has 4 rings (SSSR count). The molecule has 1 fully saturated rings. The minimum absolute atomic E-state index is 0.0967. The van der Waals surface area contributed by atoms with Crippen LogP contribution in [0.2, 0.25) is 0 Å². The monoisotopic (exact) mass is 361 g/mol. The van der Waals surface area contributed by atoms with Gasteiger partial charge >= 0.3 is 0 Å². The van der Waals surface area contributed by atoms with Gasteiger partial charge in [-0.2, -0.15) is 0 Å². The molecular formula is C22H23N3O2. The molecule has 0 radical (unpaired) electrons. The van der Waals surface area contributed by atoms with Crippen LogP contribution in [0.5, 0.6) is 5.75 Å². The van der Waals surface area contributed by atoms with Crippen LogP contribution in [0.4, 0.5) is 0 Å². The summed E-state index contributed by atoms with van der Waals surface area (Å²) in [6.45, 7) is 3.67.